The summed E-state index contributed by atoms with van der Waals surface area (Å²) >= 11 is 0. The minimum Gasteiger partial charge on any atom is -0.497 e. The highest BCUT2D eigenvalue weighted by molar-refractivity contribution is 7.90. The summed E-state index contributed by atoms with van der Waals surface area (Å²) in [5.74, 6) is 0.726. The minimum atomic E-state index is -3.24. The van der Waals surface area contributed by atoms with E-state index in [1.165, 1.54) is 6.07 Å². The normalized spacial score (nSPS) is 11.3. The predicted molar refractivity (Wildman–Crippen MR) is 76.0 cm³/mol. The number of methoxy groups -OCH3 is 1. The molecule has 2 N–H and O–H groups in total. The van der Waals surface area contributed by atoms with Crippen LogP contribution in [0, 0.1) is 0 Å². The van der Waals surface area contributed by atoms with Crippen molar-refractivity contribution >= 4 is 15.5 Å². The fraction of sp³-hybridized carbons (Fsp3) is 0.143. The zero-order chi connectivity index (χ0) is 14.0. The Morgan fingerprint density at radius 3 is 2.42 bits per heavy atom. The molecule has 0 aromatic heterocycles. The first kappa shape index (κ1) is 13.4. The number of anilines is 1. The molecule has 0 saturated heterocycles. The third kappa shape index (κ3) is 2.88. The van der Waals surface area contributed by atoms with E-state index in [9.17, 15) is 8.42 Å². The molecule has 0 saturated carbocycles. The van der Waals surface area contributed by atoms with Crippen molar-refractivity contribution in [3.8, 4) is 16.9 Å². The van der Waals surface area contributed by atoms with Gasteiger partial charge in [0.2, 0.25) is 0 Å². The smallest absolute Gasteiger partial charge is 0.175 e. The average molecular weight is 277 g/mol. The molecule has 4 nitrogen and oxygen atoms in total. The molecule has 2 aromatic carbocycles. The minimum absolute atomic E-state index is 0.219. The van der Waals surface area contributed by atoms with Crippen LogP contribution in [0.3, 0.4) is 0 Å². The van der Waals surface area contributed by atoms with Crippen molar-refractivity contribution in [1.29, 1.82) is 0 Å². The zero-order valence-corrected chi connectivity index (χ0v) is 11.6. The van der Waals surface area contributed by atoms with Gasteiger partial charge in [0.15, 0.2) is 9.84 Å². The lowest BCUT2D eigenvalue weighted by atomic mass is 10.0. The molecule has 0 heterocycles. The molecule has 0 aliphatic rings. The summed E-state index contributed by atoms with van der Waals surface area (Å²) in [5.41, 5.74) is 8.03. The van der Waals surface area contributed by atoms with Crippen molar-refractivity contribution in [3.63, 3.8) is 0 Å². The number of nitrogens with two attached hydrogens (primary N) is 1. The Bertz CT molecular complexity index is 708. The van der Waals surface area contributed by atoms with Gasteiger partial charge in [0.25, 0.3) is 0 Å². The van der Waals surface area contributed by atoms with E-state index in [1.807, 2.05) is 24.3 Å². The second kappa shape index (κ2) is 4.93. The third-order valence-corrected chi connectivity index (χ3v) is 3.94. The van der Waals surface area contributed by atoms with E-state index in [1.54, 1.807) is 19.2 Å². The van der Waals surface area contributed by atoms with Gasteiger partial charge in [-0.15, -0.1) is 0 Å². The van der Waals surface area contributed by atoms with Gasteiger partial charge in [-0.3, -0.25) is 0 Å². The Labute approximate surface area is 112 Å². The highest BCUT2D eigenvalue weighted by Gasteiger charge is 2.10. The number of hydrogen-bond donors (Lipinski definition) is 1. The zero-order valence-electron chi connectivity index (χ0n) is 10.8. The molecule has 0 fully saturated rings. The summed E-state index contributed by atoms with van der Waals surface area (Å²) in [5, 5.41) is 0. The SMILES string of the molecule is COc1cccc(-c2ccc(S(C)(=O)=O)cc2N)c1. The van der Waals surface area contributed by atoms with Crippen LogP contribution in [-0.2, 0) is 9.84 Å². The van der Waals surface area contributed by atoms with E-state index < -0.39 is 9.84 Å². The number of ether oxygens (including phenoxy) is 1. The predicted octanol–water partition coefficient (Wildman–Crippen LogP) is 2.35. The molecule has 100 valence electrons. The highest BCUT2D eigenvalue weighted by Crippen LogP contribution is 2.30. The maximum Gasteiger partial charge on any atom is 0.175 e. The number of nitrogen functional groups attached to an aromatic ring is 1. The first-order chi connectivity index (χ1) is 8.91. The summed E-state index contributed by atoms with van der Waals surface area (Å²) in [6.07, 6.45) is 1.16. The van der Waals surface area contributed by atoms with Crippen LogP contribution in [0.5, 0.6) is 5.75 Å². The van der Waals surface area contributed by atoms with Crippen LogP contribution in [0.4, 0.5) is 5.69 Å². The van der Waals surface area contributed by atoms with Gasteiger partial charge in [0, 0.05) is 17.5 Å². The van der Waals surface area contributed by atoms with Gasteiger partial charge in [0.05, 0.1) is 12.0 Å². The molecular weight excluding hydrogens is 262 g/mol. The monoisotopic (exact) mass is 277 g/mol. The molecule has 0 spiro atoms. The van der Waals surface area contributed by atoms with Gasteiger partial charge in [-0.2, -0.15) is 0 Å². The quantitative estimate of drug-likeness (QED) is 0.874. The van der Waals surface area contributed by atoms with Crippen molar-refractivity contribution in [1.82, 2.24) is 0 Å². The Morgan fingerprint density at radius 1 is 1.11 bits per heavy atom. The fourth-order valence-corrected chi connectivity index (χ4v) is 2.48. The van der Waals surface area contributed by atoms with Crippen LogP contribution < -0.4 is 10.5 Å². The summed E-state index contributed by atoms with van der Waals surface area (Å²) in [4.78, 5) is 0.219. The average Bonchev–Trinajstić information content (AvgIpc) is 2.37. The Morgan fingerprint density at radius 2 is 1.84 bits per heavy atom. The topological polar surface area (TPSA) is 69.4 Å². The van der Waals surface area contributed by atoms with Gasteiger partial charge < -0.3 is 10.5 Å². The van der Waals surface area contributed by atoms with Crippen molar-refractivity contribution in [2.75, 3.05) is 19.1 Å². The Hall–Kier alpha value is -2.01. The van der Waals surface area contributed by atoms with Crippen LogP contribution in [0.25, 0.3) is 11.1 Å². The molecule has 0 unspecified atom stereocenters. The van der Waals surface area contributed by atoms with E-state index in [2.05, 4.69) is 0 Å². The van der Waals surface area contributed by atoms with Crippen LogP contribution in [0.2, 0.25) is 0 Å². The third-order valence-electron chi connectivity index (χ3n) is 2.83. The fourth-order valence-electron chi connectivity index (χ4n) is 1.82. The van der Waals surface area contributed by atoms with Crippen LogP contribution in [0.1, 0.15) is 0 Å². The molecule has 19 heavy (non-hydrogen) atoms. The lowest BCUT2D eigenvalue weighted by Crippen LogP contribution is -1.99. The molecule has 0 atom stereocenters. The molecule has 2 aromatic rings. The van der Waals surface area contributed by atoms with Gasteiger partial charge in [-0.05, 0) is 29.8 Å². The second-order valence-electron chi connectivity index (χ2n) is 4.25. The van der Waals surface area contributed by atoms with Gasteiger partial charge >= 0.3 is 0 Å². The number of rotatable bonds is 3. The molecule has 0 radical (unpaired) electrons. The Balaban J connectivity index is 2.52. The second-order valence-corrected chi connectivity index (χ2v) is 6.27. The molecule has 2 rings (SSSR count). The van der Waals surface area contributed by atoms with E-state index in [4.69, 9.17) is 10.5 Å². The molecular formula is C14H15NO3S. The van der Waals surface area contributed by atoms with Gasteiger partial charge in [0.1, 0.15) is 5.75 Å². The summed E-state index contributed by atoms with van der Waals surface area (Å²) in [6, 6.07) is 12.2. The van der Waals surface area contributed by atoms with Crippen molar-refractivity contribution in [2.24, 2.45) is 0 Å². The molecule has 0 aliphatic carbocycles. The van der Waals surface area contributed by atoms with Gasteiger partial charge in [-0.1, -0.05) is 18.2 Å². The van der Waals surface area contributed by atoms with Crippen LogP contribution in [-0.4, -0.2) is 21.8 Å². The van der Waals surface area contributed by atoms with E-state index >= 15 is 0 Å². The van der Waals surface area contributed by atoms with E-state index in [0.29, 0.717) is 5.69 Å². The lowest BCUT2D eigenvalue weighted by Gasteiger charge is -2.09. The summed E-state index contributed by atoms with van der Waals surface area (Å²) in [6.45, 7) is 0. The summed E-state index contributed by atoms with van der Waals surface area (Å²) in [7, 11) is -1.65. The number of benzene rings is 2. The molecule has 5 heteroatoms. The first-order valence-electron chi connectivity index (χ1n) is 5.66. The molecule has 0 amide bonds. The number of hydrogen-bond acceptors (Lipinski definition) is 4. The van der Waals surface area contributed by atoms with Crippen molar-refractivity contribution in [2.45, 2.75) is 4.90 Å². The van der Waals surface area contributed by atoms with Crippen LogP contribution >= 0.6 is 0 Å². The highest BCUT2D eigenvalue weighted by atomic mass is 32.2. The van der Waals surface area contributed by atoms with E-state index in [0.717, 1.165) is 23.1 Å². The maximum atomic E-state index is 11.5. The number of sulfone groups is 1. The summed E-state index contributed by atoms with van der Waals surface area (Å²) < 4.78 is 28.1. The Kier molecular flexibility index (Phi) is 3.48. The maximum absolute atomic E-state index is 11.5. The first-order valence-corrected chi connectivity index (χ1v) is 7.55. The van der Waals surface area contributed by atoms with Crippen molar-refractivity contribution in [3.05, 3.63) is 42.5 Å². The lowest BCUT2D eigenvalue weighted by molar-refractivity contribution is 0.415. The largest absolute Gasteiger partial charge is 0.497 e. The molecule has 0 bridgehead atoms. The molecule has 0 aliphatic heterocycles. The van der Waals surface area contributed by atoms with E-state index in [-0.39, 0.29) is 4.90 Å². The standard InChI is InChI=1S/C14H15NO3S/c1-18-11-5-3-4-10(8-11)13-7-6-12(9-14(13)15)19(2,16)17/h3-9H,15H2,1-2H3. The van der Waals surface area contributed by atoms with Gasteiger partial charge in [-0.25, -0.2) is 8.42 Å². The van der Waals surface area contributed by atoms with Crippen LogP contribution in [0.15, 0.2) is 47.4 Å². The van der Waals surface area contributed by atoms with Crippen molar-refractivity contribution < 1.29 is 13.2 Å².